The fourth-order valence-corrected chi connectivity index (χ4v) is 4.70. The largest absolute Gasteiger partial charge is 0.338 e. The number of rotatable bonds is 5. The zero-order valence-corrected chi connectivity index (χ0v) is 17.2. The minimum atomic E-state index is -0.0117. The first-order chi connectivity index (χ1) is 13.0. The summed E-state index contributed by atoms with van der Waals surface area (Å²) < 4.78 is 2.14. The van der Waals surface area contributed by atoms with E-state index in [1.54, 1.807) is 22.7 Å². The van der Waals surface area contributed by atoms with E-state index in [0.717, 1.165) is 32.1 Å². The maximum Gasteiger partial charge on any atom is 0.260 e. The lowest BCUT2D eigenvalue weighted by atomic mass is 10.2. The Labute approximate surface area is 165 Å². The number of aryl methyl sites for hydroxylation is 1. The minimum Gasteiger partial charge on any atom is -0.338 e. The normalized spacial score (nSPS) is 11.6. The van der Waals surface area contributed by atoms with E-state index >= 15 is 0 Å². The quantitative estimate of drug-likeness (QED) is 0.563. The molecule has 2 aromatic heterocycles. The molecule has 0 bridgehead atoms. The molecule has 0 unspecified atom stereocenters. The first-order valence-corrected chi connectivity index (χ1v) is 10.5. The number of likely N-dealkylation sites (N-methyl/N-ethyl adjacent to an activating group) is 1. The lowest BCUT2D eigenvalue weighted by molar-refractivity contribution is -0.856. The average Bonchev–Trinajstić information content (AvgIpc) is 3.26. The Morgan fingerprint density at radius 2 is 1.93 bits per heavy atom. The molecule has 0 aliphatic heterocycles. The van der Waals surface area contributed by atoms with Crippen LogP contribution in [0.3, 0.4) is 0 Å². The van der Waals surface area contributed by atoms with Crippen LogP contribution in [0.25, 0.3) is 20.4 Å². The van der Waals surface area contributed by atoms with E-state index in [-0.39, 0.29) is 5.91 Å². The van der Waals surface area contributed by atoms with Crippen LogP contribution in [0.5, 0.6) is 0 Å². The zero-order chi connectivity index (χ0) is 19.0. The molecule has 0 saturated heterocycles. The van der Waals surface area contributed by atoms with Crippen LogP contribution in [0, 0.1) is 6.92 Å². The van der Waals surface area contributed by atoms with Crippen LogP contribution >= 0.6 is 22.7 Å². The minimum absolute atomic E-state index is 0.0117. The van der Waals surface area contributed by atoms with Gasteiger partial charge in [0.05, 0.1) is 53.1 Å². The van der Waals surface area contributed by atoms with Crippen molar-refractivity contribution in [1.29, 1.82) is 0 Å². The van der Waals surface area contributed by atoms with Crippen molar-refractivity contribution in [2.75, 3.05) is 32.1 Å². The van der Waals surface area contributed by atoms with Gasteiger partial charge in [-0.15, -0.1) is 11.3 Å². The summed E-state index contributed by atoms with van der Waals surface area (Å²) in [5.74, 6) is -0.0117. The Kier molecular flexibility index (Phi) is 4.90. The predicted molar refractivity (Wildman–Crippen MR) is 113 cm³/mol. The third-order valence-corrected chi connectivity index (χ3v) is 6.26. The number of fused-ring (bicyclic) bond motifs is 2. The maximum atomic E-state index is 13.3. The van der Waals surface area contributed by atoms with E-state index in [1.165, 1.54) is 10.5 Å². The molecule has 4 aromatic rings. The van der Waals surface area contributed by atoms with E-state index in [9.17, 15) is 4.79 Å². The van der Waals surface area contributed by atoms with Gasteiger partial charge >= 0.3 is 0 Å². The maximum absolute atomic E-state index is 13.3. The van der Waals surface area contributed by atoms with E-state index in [2.05, 4.69) is 38.1 Å². The molecule has 0 radical (unpaired) electrons. The van der Waals surface area contributed by atoms with Crippen LogP contribution in [-0.4, -0.2) is 43.1 Å². The molecule has 0 atom stereocenters. The molecule has 0 fully saturated rings. The first kappa shape index (κ1) is 18.0. The summed E-state index contributed by atoms with van der Waals surface area (Å²) in [6, 6.07) is 11.9. The van der Waals surface area contributed by atoms with E-state index in [1.807, 2.05) is 34.7 Å². The highest BCUT2D eigenvalue weighted by Gasteiger charge is 2.22. The topological polar surface area (TPSA) is 50.5 Å². The van der Waals surface area contributed by atoms with Crippen molar-refractivity contribution in [3.05, 3.63) is 53.0 Å². The lowest BCUT2D eigenvalue weighted by Crippen LogP contribution is -3.06. The highest BCUT2D eigenvalue weighted by atomic mass is 32.1. The van der Waals surface area contributed by atoms with Crippen LogP contribution in [0.2, 0.25) is 0 Å². The molecule has 2 heterocycles. The SMILES string of the molecule is Cc1ccc2nc(N(CC[NH+](C)C)C(=O)c3ccc4ncsc4c3)sc2c1. The van der Waals surface area contributed by atoms with Gasteiger partial charge in [0.1, 0.15) is 0 Å². The van der Waals surface area contributed by atoms with Crippen molar-refractivity contribution in [3.63, 3.8) is 0 Å². The number of aromatic nitrogens is 2. The molecule has 0 spiro atoms. The molecule has 0 aliphatic rings. The first-order valence-electron chi connectivity index (χ1n) is 8.82. The molecule has 27 heavy (non-hydrogen) atoms. The third-order valence-electron chi connectivity index (χ3n) is 4.42. The van der Waals surface area contributed by atoms with E-state index in [0.29, 0.717) is 12.1 Å². The Bertz CT molecular complexity index is 1120. The number of carbonyl (C=O) groups is 1. The second kappa shape index (κ2) is 7.34. The standard InChI is InChI=1S/C20H20N4OS2/c1-13-4-6-16-18(10-13)27-20(22-16)24(9-8-23(2)3)19(25)14-5-7-15-17(11-14)26-12-21-15/h4-7,10-12H,8-9H2,1-3H3/p+1. The van der Waals surface area contributed by atoms with Crippen molar-refractivity contribution < 1.29 is 9.69 Å². The zero-order valence-electron chi connectivity index (χ0n) is 15.5. The summed E-state index contributed by atoms with van der Waals surface area (Å²) in [6.45, 7) is 3.55. The predicted octanol–water partition coefficient (Wildman–Crippen LogP) is 3.01. The second-order valence-corrected chi connectivity index (χ2v) is 8.81. The summed E-state index contributed by atoms with van der Waals surface area (Å²) in [6.07, 6.45) is 0. The summed E-state index contributed by atoms with van der Waals surface area (Å²) in [4.78, 5) is 25.5. The number of amides is 1. The molecule has 7 heteroatoms. The number of carbonyl (C=O) groups excluding carboxylic acids is 1. The molecule has 138 valence electrons. The Morgan fingerprint density at radius 3 is 2.74 bits per heavy atom. The van der Waals surface area contributed by atoms with Crippen LogP contribution in [0.1, 0.15) is 15.9 Å². The number of benzene rings is 2. The van der Waals surface area contributed by atoms with Crippen LogP contribution in [-0.2, 0) is 0 Å². The third kappa shape index (κ3) is 3.71. The molecule has 0 saturated carbocycles. The highest BCUT2D eigenvalue weighted by molar-refractivity contribution is 7.22. The van der Waals surface area contributed by atoms with Gasteiger partial charge < -0.3 is 4.90 Å². The van der Waals surface area contributed by atoms with Crippen LogP contribution < -0.4 is 9.80 Å². The number of nitrogens with one attached hydrogen (secondary N) is 1. The van der Waals surface area contributed by atoms with Gasteiger partial charge in [0.2, 0.25) is 0 Å². The fourth-order valence-electron chi connectivity index (χ4n) is 2.90. The molecule has 4 rings (SSSR count). The van der Waals surface area contributed by atoms with Gasteiger partial charge in [0, 0.05) is 5.56 Å². The molecule has 0 aliphatic carbocycles. The summed E-state index contributed by atoms with van der Waals surface area (Å²) in [7, 11) is 4.18. The number of nitrogens with zero attached hydrogens (tertiary/aromatic N) is 3. The molecular weight excluding hydrogens is 376 g/mol. The molecule has 5 nitrogen and oxygen atoms in total. The Balaban J connectivity index is 1.73. The summed E-state index contributed by atoms with van der Waals surface area (Å²) in [5.41, 5.74) is 5.55. The van der Waals surface area contributed by atoms with Crippen LogP contribution in [0.4, 0.5) is 5.13 Å². The van der Waals surface area contributed by atoms with Gasteiger partial charge in [0.15, 0.2) is 5.13 Å². The van der Waals surface area contributed by atoms with Crippen molar-refractivity contribution in [1.82, 2.24) is 9.97 Å². The number of hydrogen-bond acceptors (Lipinski definition) is 5. The summed E-state index contributed by atoms with van der Waals surface area (Å²) >= 11 is 3.13. The lowest BCUT2D eigenvalue weighted by Gasteiger charge is -2.20. The smallest absolute Gasteiger partial charge is 0.260 e. The second-order valence-electron chi connectivity index (χ2n) is 6.92. The van der Waals surface area contributed by atoms with Gasteiger partial charge in [-0.3, -0.25) is 9.69 Å². The monoisotopic (exact) mass is 397 g/mol. The molecule has 1 amide bonds. The van der Waals surface area contributed by atoms with Gasteiger partial charge in [-0.2, -0.15) is 0 Å². The molecule has 1 N–H and O–H groups in total. The average molecular weight is 398 g/mol. The van der Waals surface area contributed by atoms with Gasteiger partial charge in [-0.1, -0.05) is 17.4 Å². The number of quaternary nitrogens is 1. The van der Waals surface area contributed by atoms with E-state index < -0.39 is 0 Å². The molecular formula is C20H21N4OS2+. The van der Waals surface area contributed by atoms with Gasteiger partial charge in [-0.25, -0.2) is 9.97 Å². The van der Waals surface area contributed by atoms with Crippen molar-refractivity contribution in [2.45, 2.75) is 6.92 Å². The fraction of sp³-hybridized carbons (Fsp3) is 0.250. The summed E-state index contributed by atoms with van der Waals surface area (Å²) in [5, 5.41) is 0.756. The Hall–Kier alpha value is -2.35. The van der Waals surface area contributed by atoms with Gasteiger partial charge in [0.25, 0.3) is 5.91 Å². The van der Waals surface area contributed by atoms with Crippen molar-refractivity contribution in [3.8, 4) is 0 Å². The molecule has 2 aromatic carbocycles. The van der Waals surface area contributed by atoms with Crippen LogP contribution in [0.15, 0.2) is 41.9 Å². The Morgan fingerprint density at radius 1 is 1.11 bits per heavy atom. The number of anilines is 1. The van der Waals surface area contributed by atoms with Crippen molar-refractivity contribution >= 4 is 54.1 Å². The number of thiazole rings is 2. The number of hydrogen-bond donors (Lipinski definition) is 1. The van der Waals surface area contributed by atoms with Gasteiger partial charge in [-0.05, 0) is 42.8 Å². The van der Waals surface area contributed by atoms with Crippen molar-refractivity contribution in [2.24, 2.45) is 0 Å². The van der Waals surface area contributed by atoms with E-state index in [4.69, 9.17) is 4.98 Å². The highest BCUT2D eigenvalue weighted by Crippen LogP contribution is 2.30.